The van der Waals surface area contributed by atoms with Crippen LogP contribution in [0, 0.1) is 0 Å². The van der Waals surface area contributed by atoms with E-state index in [9.17, 15) is 0 Å². The van der Waals surface area contributed by atoms with Gasteiger partial charge < -0.3 is 13.7 Å². The van der Waals surface area contributed by atoms with Gasteiger partial charge in [0.1, 0.15) is 0 Å². The number of nitrogens with zero attached hydrogens (tertiary/aromatic N) is 3. The first-order valence-electron chi connectivity index (χ1n) is 22.4. The lowest BCUT2D eigenvalue weighted by Crippen LogP contribution is -2.28. The molecule has 14 aromatic rings. The Hall–Kier alpha value is -8.18. The molecule has 0 spiro atoms. The quantitative estimate of drug-likeness (QED) is 0.157. The van der Waals surface area contributed by atoms with E-state index in [0.717, 1.165) is 11.4 Å². The minimum Gasteiger partial charge on any atom is -0.309 e. The zero-order valence-corrected chi connectivity index (χ0v) is 35.9. The first-order chi connectivity index (χ1) is 32.3. The van der Waals surface area contributed by atoms with E-state index in [1.54, 1.807) is 0 Å². The largest absolute Gasteiger partial charge is 0.309 e. The summed E-state index contributed by atoms with van der Waals surface area (Å²) in [6.07, 6.45) is 0. The van der Waals surface area contributed by atoms with Crippen molar-refractivity contribution in [3.8, 4) is 11.1 Å². The Balaban J connectivity index is 1.02. The highest BCUT2D eigenvalue weighted by molar-refractivity contribution is 7.26. The number of anilines is 3. The number of benzene rings is 10. The normalized spacial score (nSPS) is 13.4. The molecule has 1 aliphatic carbocycles. The van der Waals surface area contributed by atoms with Crippen molar-refractivity contribution in [2.45, 2.75) is 5.41 Å². The Bertz CT molecular complexity index is 4200. The van der Waals surface area contributed by atoms with Crippen LogP contribution in [-0.4, -0.2) is 8.80 Å². The molecule has 1 aliphatic rings. The third-order valence-electron chi connectivity index (χ3n) is 14.5. The zero-order chi connectivity index (χ0) is 42.4. The van der Waals surface area contributed by atoms with E-state index in [0.29, 0.717) is 0 Å². The van der Waals surface area contributed by atoms with Crippen molar-refractivity contribution < 1.29 is 0 Å². The van der Waals surface area contributed by atoms with Crippen LogP contribution >= 0.6 is 11.3 Å². The molecule has 4 heterocycles. The van der Waals surface area contributed by atoms with Crippen LogP contribution in [0.3, 0.4) is 0 Å². The van der Waals surface area contributed by atoms with Gasteiger partial charge in [-0.1, -0.05) is 170 Å². The van der Waals surface area contributed by atoms with Crippen LogP contribution in [-0.2, 0) is 5.41 Å². The monoisotopic (exact) mass is 843 g/mol. The molecule has 0 amide bonds. The number of hydrogen-bond acceptors (Lipinski definition) is 2. The molecule has 15 rings (SSSR count). The summed E-state index contributed by atoms with van der Waals surface area (Å²) in [5, 5.41) is 7.67. The van der Waals surface area contributed by atoms with Crippen LogP contribution in [0.15, 0.2) is 224 Å². The zero-order valence-electron chi connectivity index (χ0n) is 35.1. The molecule has 3 nitrogen and oxygen atoms in total. The molecular formula is C61H37N3S. The third kappa shape index (κ3) is 4.54. The highest BCUT2D eigenvalue weighted by atomic mass is 32.1. The molecule has 302 valence electrons. The predicted octanol–water partition coefficient (Wildman–Crippen LogP) is 16.4. The Morgan fingerprint density at radius 2 is 0.892 bits per heavy atom. The van der Waals surface area contributed by atoms with Gasteiger partial charge in [0.25, 0.3) is 0 Å². The summed E-state index contributed by atoms with van der Waals surface area (Å²) in [6, 6.07) is 83.8. The van der Waals surface area contributed by atoms with Crippen molar-refractivity contribution in [3.63, 3.8) is 0 Å². The Labute approximate surface area is 378 Å². The summed E-state index contributed by atoms with van der Waals surface area (Å²) in [7, 11) is 0. The average Bonchev–Trinajstić information content (AvgIpc) is 4.11. The van der Waals surface area contributed by atoms with E-state index < -0.39 is 5.41 Å². The lowest BCUT2D eigenvalue weighted by molar-refractivity contribution is 0.768. The number of hydrogen-bond donors (Lipinski definition) is 0. The fourth-order valence-corrected chi connectivity index (χ4v) is 13.1. The molecule has 0 unspecified atom stereocenters. The molecular weight excluding hydrogens is 807 g/mol. The van der Waals surface area contributed by atoms with E-state index >= 15 is 0 Å². The number of rotatable bonds is 5. The molecule has 0 bridgehead atoms. The third-order valence-corrected chi connectivity index (χ3v) is 15.7. The maximum atomic E-state index is 2.53. The highest BCUT2D eigenvalue weighted by Gasteiger charge is 2.45. The average molecular weight is 844 g/mol. The van der Waals surface area contributed by atoms with Crippen LogP contribution in [0.1, 0.15) is 22.3 Å². The molecule has 0 saturated carbocycles. The van der Waals surface area contributed by atoms with Crippen LogP contribution in [0.2, 0.25) is 0 Å². The lowest BCUT2D eigenvalue weighted by atomic mass is 9.68. The van der Waals surface area contributed by atoms with E-state index in [1.807, 2.05) is 11.3 Å². The summed E-state index contributed by atoms with van der Waals surface area (Å²) in [4.78, 5) is 2.50. The van der Waals surface area contributed by atoms with Crippen LogP contribution in [0.5, 0.6) is 0 Å². The van der Waals surface area contributed by atoms with Crippen molar-refractivity contribution in [1.29, 1.82) is 0 Å². The maximum absolute atomic E-state index is 2.53. The van der Waals surface area contributed by atoms with Crippen LogP contribution in [0.4, 0.5) is 17.1 Å². The van der Waals surface area contributed by atoms with Gasteiger partial charge in [0.15, 0.2) is 0 Å². The van der Waals surface area contributed by atoms with Gasteiger partial charge in [-0.25, -0.2) is 0 Å². The summed E-state index contributed by atoms with van der Waals surface area (Å²) in [5.41, 5.74) is 18.0. The number of thiophene rings is 1. The van der Waals surface area contributed by atoms with Gasteiger partial charge in [-0.2, -0.15) is 0 Å². The fourth-order valence-electron chi connectivity index (χ4n) is 11.9. The van der Waals surface area contributed by atoms with Gasteiger partial charge >= 0.3 is 0 Å². The minimum absolute atomic E-state index is 0.478. The number of fused-ring (bicyclic) bond motifs is 15. The van der Waals surface area contributed by atoms with E-state index in [1.165, 1.54) is 114 Å². The van der Waals surface area contributed by atoms with Gasteiger partial charge in [-0.3, -0.25) is 0 Å². The standard InChI is InChI=1S/C61H37N3S/c1-2-15-38(16-3-1)61(50-23-9-4-17-42(50)43-18-5-10-24-51(43)61)39-29-31-40(32-30-39)62(55-27-14-22-49-46-21-8-13-28-57(46)65-60(49)55)41-33-36-54-56(37-41)64-53-26-12-7-20-45(53)48-35-34-47-44-19-6-11-25-52(44)63(54)58(47)59(48)64/h1-37H. The predicted molar refractivity (Wildman–Crippen MR) is 274 cm³/mol. The Morgan fingerprint density at radius 1 is 0.354 bits per heavy atom. The van der Waals surface area contributed by atoms with Gasteiger partial charge in [0.2, 0.25) is 0 Å². The van der Waals surface area contributed by atoms with Crippen molar-refractivity contribution in [3.05, 3.63) is 247 Å². The molecule has 0 saturated heterocycles. The molecule has 65 heavy (non-hydrogen) atoms. The Morgan fingerprint density at radius 3 is 1.58 bits per heavy atom. The highest BCUT2D eigenvalue weighted by Crippen LogP contribution is 2.56. The molecule has 4 heteroatoms. The Kier molecular flexibility index (Phi) is 7.03. The van der Waals surface area contributed by atoms with Crippen LogP contribution in [0.25, 0.3) is 85.9 Å². The first-order valence-corrected chi connectivity index (χ1v) is 23.2. The van der Waals surface area contributed by atoms with Gasteiger partial charge in [0, 0.05) is 48.4 Å². The second kappa shape index (κ2) is 12.9. The van der Waals surface area contributed by atoms with Crippen LogP contribution < -0.4 is 4.90 Å². The summed E-state index contributed by atoms with van der Waals surface area (Å²) in [5.74, 6) is 0. The van der Waals surface area contributed by atoms with Crippen molar-refractivity contribution in [1.82, 2.24) is 8.80 Å². The molecule has 0 atom stereocenters. The molecule has 4 aromatic heterocycles. The summed E-state index contributed by atoms with van der Waals surface area (Å²) < 4.78 is 7.61. The van der Waals surface area contributed by atoms with Gasteiger partial charge in [-0.05, 0) is 88.0 Å². The van der Waals surface area contributed by atoms with E-state index in [4.69, 9.17) is 0 Å². The SMILES string of the molecule is c1ccc(C2(c3ccc(N(c4ccc5c(c4)n4c6ccccc6c6ccc7c8ccccc8n5c7c64)c4cccc5c4sc4ccccc45)cc3)c3ccccc3-c3ccccc32)cc1. The van der Waals surface area contributed by atoms with Gasteiger partial charge in [0.05, 0.1) is 48.9 Å². The van der Waals surface area contributed by atoms with Gasteiger partial charge in [-0.15, -0.1) is 11.3 Å². The summed E-state index contributed by atoms with van der Waals surface area (Å²) in [6.45, 7) is 0. The molecule has 0 N–H and O–H groups in total. The second-order valence-electron chi connectivity index (χ2n) is 17.6. The van der Waals surface area contributed by atoms with E-state index in [2.05, 4.69) is 238 Å². The fraction of sp³-hybridized carbons (Fsp3) is 0.0164. The molecule has 10 aromatic carbocycles. The molecule has 0 aliphatic heterocycles. The second-order valence-corrected chi connectivity index (χ2v) is 18.6. The maximum Gasteiger partial charge on any atom is 0.0789 e. The summed E-state index contributed by atoms with van der Waals surface area (Å²) >= 11 is 1.88. The van der Waals surface area contributed by atoms with E-state index in [-0.39, 0.29) is 0 Å². The molecule has 0 radical (unpaired) electrons. The smallest absolute Gasteiger partial charge is 0.0789 e. The lowest BCUT2D eigenvalue weighted by Gasteiger charge is -2.34. The van der Waals surface area contributed by atoms with Crippen molar-refractivity contribution >= 4 is 103 Å². The molecule has 0 fully saturated rings. The topological polar surface area (TPSA) is 12.1 Å². The number of aromatic nitrogens is 2. The first kappa shape index (κ1) is 35.3. The van der Waals surface area contributed by atoms with Crippen molar-refractivity contribution in [2.24, 2.45) is 0 Å². The minimum atomic E-state index is -0.478. The number of para-hydroxylation sites is 2. The van der Waals surface area contributed by atoms with Crippen molar-refractivity contribution in [2.75, 3.05) is 4.90 Å².